The average molecular weight is 229 g/mol. The van der Waals surface area contributed by atoms with Crippen molar-refractivity contribution in [1.82, 2.24) is 0 Å². The zero-order valence-corrected chi connectivity index (χ0v) is 7.97. The molecular formula is C8H9BrN2O. The Bertz CT molecular complexity index is 312. The van der Waals surface area contributed by atoms with Crippen molar-refractivity contribution in [3.05, 3.63) is 33.8 Å². The topological polar surface area (TPSA) is 69.1 Å². The van der Waals surface area contributed by atoms with Gasteiger partial charge in [0.25, 0.3) is 0 Å². The fourth-order valence-corrected chi connectivity index (χ4v) is 1.41. The van der Waals surface area contributed by atoms with Crippen LogP contribution in [0.4, 0.5) is 0 Å². The largest absolute Gasteiger partial charge is 0.366 e. The van der Waals surface area contributed by atoms with Gasteiger partial charge in [-0.1, -0.05) is 22.0 Å². The van der Waals surface area contributed by atoms with Gasteiger partial charge in [-0.15, -0.1) is 0 Å². The predicted octanol–water partition coefficient (Wildman–Crippen LogP) is 1.01. The summed E-state index contributed by atoms with van der Waals surface area (Å²) < 4.78 is 0.821. The molecule has 1 rings (SSSR count). The lowest BCUT2D eigenvalue weighted by Gasteiger charge is -2.01. The van der Waals surface area contributed by atoms with Gasteiger partial charge >= 0.3 is 0 Å². The lowest BCUT2D eigenvalue weighted by Crippen LogP contribution is -2.11. The SMILES string of the molecule is NCc1ccc(C(N)=O)cc1Br. The van der Waals surface area contributed by atoms with Gasteiger partial charge in [-0.25, -0.2) is 0 Å². The Morgan fingerprint density at radius 1 is 1.50 bits per heavy atom. The van der Waals surface area contributed by atoms with E-state index in [1.807, 2.05) is 0 Å². The minimum Gasteiger partial charge on any atom is -0.366 e. The zero-order valence-electron chi connectivity index (χ0n) is 6.38. The second-order valence-corrected chi connectivity index (χ2v) is 3.23. The molecule has 0 bridgehead atoms. The van der Waals surface area contributed by atoms with Crippen LogP contribution in [0.1, 0.15) is 15.9 Å². The van der Waals surface area contributed by atoms with E-state index in [0.717, 1.165) is 10.0 Å². The van der Waals surface area contributed by atoms with Crippen molar-refractivity contribution in [1.29, 1.82) is 0 Å². The van der Waals surface area contributed by atoms with Crippen molar-refractivity contribution in [2.75, 3.05) is 0 Å². The number of rotatable bonds is 2. The predicted molar refractivity (Wildman–Crippen MR) is 50.6 cm³/mol. The average Bonchev–Trinajstić information content (AvgIpc) is 2.04. The monoisotopic (exact) mass is 228 g/mol. The van der Waals surface area contributed by atoms with Crippen LogP contribution < -0.4 is 11.5 Å². The molecule has 4 heteroatoms. The van der Waals surface area contributed by atoms with Crippen LogP contribution in [0, 0.1) is 0 Å². The Morgan fingerprint density at radius 3 is 2.58 bits per heavy atom. The standard InChI is InChI=1S/C8H9BrN2O/c9-7-3-5(8(11)12)1-2-6(7)4-10/h1-3H,4,10H2,(H2,11,12). The molecule has 0 saturated heterocycles. The maximum atomic E-state index is 10.7. The second-order valence-electron chi connectivity index (χ2n) is 2.37. The van der Waals surface area contributed by atoms with E-state index >= 15 is 0 Å². The molecule has 0 fully saturated rings. The molecule has 1 aromatic rings. The summed E-state index contributed by atoms with van der Waals surface area (Å²) in [5.41, 5.74) is 12.0. The highest BCUT2D eigenvalue weighted by Crippen LogP contribution is 2.17. The van der Waals surface area contributed by atoms with E-state index in [4.69, 9.17) is 11.5 Å². The summed E-state index contributed by atoms with van der Waals surface area (Å²) >= 11 is 3.29. The number of primary amides is 1. The Kier molecular flexibility index (Phi) is 2.83. The van der Waals surface area contributed by atoms with E-state index in [-0.39, 0.29) is 0 Å². The molecule has 4 N–H and O–H groups in total. The van der Waals surface area contributed by atoms with E-state index in [2.05, 4.69) is 15.9 Å². The molecule has 3 nitrogen and oxygen atoms in total. The molecule has 1 amide bonds. The van der Waals surface area contributed by atoms with Crippen LogP contribution in [0.15, 0.2) is 22.7 Å². The van der Waals surface area contributed by atoms with E-state index in [0.29, 0.717) is 12.1 Å². The maximum absolute atomic E-state index is 10.7. The van der Waals surface area contributed by atoms with Crippen molar-refractivity contribution in [3.63, 3.8) is 0 Å². The van der Waals surface area contributed by atoms with E-state index in [1.54, 1.807) is 18.2 Å². The minimum absolute atomic E-state index is 0.431. The van der Waals surface area contributed by atoms with Crippen molar-refractivity contribution >= 4 is 21.8 Å². The summed E-state index contributed by atoms with van der Waals surface area (Å²) in [7, 11) is 0. The fourth-order valence-electron chi connectivity index (χ4n) is 0.866. The summed E-state index contributed by atoms with van der Waals surface area (Å²) in [5.74, 6) is -0.431. The molecule has 0 aliphatic carbocycles. The molecule has 0 saturated carbocycles. The quantitative estimate of drug-likeness (QED) is 0.794. The number of nitrogens with two attached hydrogens (primary N) is 2. The molecule has 64 valence electrons. The van der Waals surface area contributed by atoms with Crippen LogP contribution in [0.2, 0.25) is 0 Å². The maximum Gasteiger partial charge on any atom is 0.248 e. The van der Waals surface area contributed by atoms with Crippen molar-refractivity contribution in [2.45, 2.75) is 6.54 Å². The van der Waals surface area contributed by atoms with Crippen LogP contribution >= 0.6 is 15.9 Å². The lowest BCUT2D eigenvalue weighted by atomic mass is 10.1. The van der Waals surface area contributed by atoms with Gasteiger partial charge in [-0.3, -0.25) is 4.79 Å². The zero-order chi connectivity index (χ0) is 9.14. The van der Waals surface area contributed by atoms with Crippen LogP contribution in [-0.4, -0.2) is 5.91 Å². The Morgan fingerprint density at radius 2 is 2.17 bits per heavy atom. The van der Waals surface area contributed by atoms with Gasteiger partial charge in [-0.05, 0) is 17.7 Å². The van der Waals surface area contributed by atoms with Crippen LogP contribution in [0.5, 0.6) is 0 Å². The van der Waals surface area contributed by atoms with E-state index < -0.39 is 5.91 Å². The Labute approximate surface area is 78.9 Å². The third kappa shape index (κ3) is 1.84. The first-order valence-electron chi connectivity index (χ1n) is 3.43. The van der Waals surface area contributed by atoms with Crippen molar-refractivity contribution in [3.8, 4) is 0 Å². The third-order valence-corrected chi connectivity index (χ3v) is 2.30. The van der Waals surface area contributed by atoms with Gasteiger partial charge in [0.15, 0.2) is 0 Å². The molecule has 0 atom stereocenters. The second kappa shape index (κ2) is 3.69. The summed E-state index contributed by atoms with van der Waals surface area (Å²) in [6, 6.07) is 5.12. The molecule has 0 aliphatic rings. The summed E-state index contributed by atoms with van der Waals surface area (Å²) in [6.45, 7) is 0.444. The highest BCUT2D eigenvalue weighted by molar-refractivity contribution is 9.10. The number of hydrogen-bond acceptors (Lipinski definition) is 2. The summed E-state index contributed by atoms with van der Waals surface area (Å²) in [6.07, 6.45) is 0. The lowest BCUT2D eigenvalue weighted by molar-refractivity contribution is 0.1000. The number of hydrogen-bond donors (Lipinski definition) is 2. The molecule has 0 unspecified atom stereocenters. The Hall–Kier alpha value is -0.870. The Balaban J connectivity index is 3.10. The number of halogens is 1. The van der Waals surface area contributed by atoms with Gasteiger partial charge in [0.2, 0.25) is 5.91 Å². The van der Waals surface area contributed by atoms with Crippen LogP contribution in [0.25, 0.3) is 0 Å². The third-order valence-electron chi connectivity index (χ3n) is 1.56. The first-order chi connectivity index (χ1) is 5.65. The fraction of sp³-hybridized carbons (Fsp3) is 0.125. The van der Waals surface area contributed by atoms with Gasteiger partial charge in [0.1, 0.15) is 0 Å². The highest BCUT2D eigenvalue weighted by atomic mass is 79.9. The summed E-state index contributed by atoms with van der Waals surface area (Å²) in [5, 5.41) is 0. The normalized spacial score (nSPS) is 9.83. The number of benzene rings is 1. The number of carbonyl (C=O) groups excluding carboxylic acids is 1. The molecule has 12 heavy (non-hydrogen) atoms. The molecule has 0 radical (unpaired) electrons. The van der Waals surface area contributed by atoms with Crippen molar-refractivity contribution in [2.24, 2.45) is 11.5 Å². The molecule has 0 aliphatic heterocycles. The van der Waals surface area contributed by atoms with Gasteiger partial charge in [-0.2, -0.15) is 0 Å². The molecule has 0 spiro atoms. The van der Waals surface area contributed by atoms with Crippen molar-refractivity contribution < 1.29 is 4.79 Å². The molecular weight excluding hydrogens is 220 g/mol. The first kappa shape index (κ1) is 9.22. The van der Waals surface area contributed by atoms with Crippen LogP contribution in [-0.2, 0) is 6.54 Å². The summed E-state index contributed by atoms with van der Waals surface area (Å²) in [4.78, 5) is 10.7. The minimum atomic E-state index is -0.431. The van der Waals surface area contributed by atoms with Crippen LogP contribution in [0.3, 0.4) is 0 Å². The van der Waals surface area contributed by atoms with E-state index in [9.17, 15) is 4.79 Å². The van der Waals surface area contributed by atoms with Gasteiger partial charge < -0.3 is 11.5 Å². The van der Waals surface area contributed by atoms with E-state index in [1.165, 1.54) is 0 Å². The smallest absolute Gasteiger partial charge is 0.248 e. The van der Waals surface area contributed by atoms with Gasteiger partial charge in [0.05, 0.1) is 0 Å². The number of amides is 1. The first-order valence-corrected chi connectivity index (χ1v) is 4.22. The molecule has 1 aromatic carbocycles. The highest BCUT2D eigenvalue weighted by Gasteiger charge is 2.03. The molecule has 0 aromatic heterocycles. The number of carbonyl (C=O) groups is 1. The molecule has 0 heterocycles. The van der Waals surface area contributed by atoms with Gasteiger partial charge in [0, 0.05) is 16.6 Å².